The van der Waals surface area contributed by atoms with Crippen molar-refractivity contribution < 1.29 is 4.74 Å². The Morgan fingerprint density at radius 3 is 2.95 bits per heavy atom. The molecule has 0 aliphatic carbocycles. The van der Waals surface area contributed by atoms with E-state index in [1.165, 1.54) is 5.56 Å². The summed E-state index contributed by atoms with van der Waals surface area (Å²) in [5.41, 5.74) is 2.26. The Bertz CT molecular complexity index is 543. The lowest BCUT2D eigenvalue weighted by Crippen LogP contribution is -2.21. The molecule has 1 aromatic heterocycles. The highest BCUT2D eigenvalue weighted by Crippen LogP contribution is 2.24. The van der Waals surface area contributed by atoms with E-state index in [-0.39, 0.29) is 6.10 Å². The Hall–Kier alpha value is -0.970. The molecule has 0 saturated heterocycles. The molecule has 4 heteroatoms. The van der Waals surface area contributed by atoms with Crippen LogP contribution in [0.3, 0.4) is 0 Å². The largest absolute Gasteiger partial charge is 0.377 e. The molecule has 0 atom stereocenters. The van der Waals surface area contributed by atoms with E-state index >= 15 is 0 Å². The number of halogens is 1. The van der Waals surface area contributed by atoms with Crippen LogP contribution in [-0.2, 0) is 11.3 Å². The molecular formula is C15H19BrN2O. The van der Waals surface area contributed by atoms with Gasteiger partial charge in [0.25, 0.3) is 0 Å². The van der Waals surface area contributed by atoms with E-state index in [1.807, 2.05) is 26.1 Å². The van der Waals surface area contributed by atoms with Gasteiger partial charge < -0.3 is 10.1 Å². The van der Waals surface area contributed by atoms with E-state index in [0.29, 0.717) is 0 Å². The van der Waals surface area contributed by atoms with Crippen LogP contribution in [0.5, 0.6) is 0 Å². The summed E-state index contributed by atoms with van der Waals surface area (Å²) in [6.07, 6.45) is 2.12. The van der Waals surface area contributed by atoms with Crippen LogP contribution in [0.2, 0.25) is 0 Å². The van der Waals surface area contributed by atoms with Crippen molar-refractivity contribution in [2.24, 2.45) is 0 Å². The first-order valence-corrected chi connectivity index (χ1v) is 7.32. The Morgan fingerprint density at radius 1 is 1.32 bits per heavy atom. The predicted octanol–water partition coefficient (Wildman–Crippen LogP) is 3.51. The SMILES string of the molecule is CC(C)OCCNCc1ccc(Br)c2cccnc12. The molecule has 2 rings (SSSR count). The van der Waals surface area contributed by atoms with Crippen molar-refractivity contribution in [2.45, 2.75) is 26.5 Å². The molecule has 1 aromatic carbocycles. The Labute approximate surface area is 122 Å². The molecule has 0 spiro atoms. The maximum atomic E-state index is 5.50. The number of ether oxygens (including phenoxy) is 1. The Morgan fingerprint density at radius 2 is 2.16 bits per heavy atom. The first-order chi connectivity index (χ1) is 9.18. The molecule has 102 valence electrons. The summed E-state index contributed by atoms with van der Waals surface area (Å²) in [7, 11) is 0. The third-order valence-electron chi connectivity index (χ3n) is 2.85. The van der Waals surface area contributed by atoms with Gasteiger partial charge in [0.1, 0.15) is 0 Å². The highest BCUT2D eigenvalue weighted by Gasteiger charge is 2.04. The number of pyridine rings is 1. The molecule has 0 bridgehead atoms. The van der Waals surface area contributed by atoms with Crippen LogP contribution in [0.4, 0.5) is 0 Å². The average Bonchev–Trinajstić information content (AvgIpc) is 2.41. The van der Waals surface area contributed by atoms with Gasteiger partial charge in [-0.3, -0.25) is 4.98 Å². The van der Waals surface area contributed by atoms with Crippen molar-refractivity contribution >= 4 is 26.8 Å². The second-order valence-corrected chi connectivity index (χ2v) is 5.56. The molecule has 0 amide bonds. The highest BCUT2D eigenvalue weighted by molar-refractivity contribution is 9.10. The van der Waals surface area contributed by atoms with Crippen LogP contribution >= 0.6 is 15.9 Å². The van der Waals surface area contributed by atoms with Crippen molar-refractivity contribution in [3.8, 4) is 0 Å². The second-order valence-electron chi connectivity index (χ2n) is 4.70. The lowest BCUT2D eigenvalue weighted by Gasteiger charge is -2.10. The van der Waals surface area contributed by atoms with Crippen molar-refractivity contribution in [3.63, 3.8) is 0 Å². The van der Waals surface area contributed by atoms with Gasteiger partial charge in [0.05, 0.1) is 18.2 Å². The normalized spacial score (nSPS) is 11.4. The zero-order chi connectivity index (χ0) is 13.7. The van der Waals surface area contributed by atoms with Gasteiger partial charge in [0.2, 0.25) is 0 Å². The molecule has 0 saturated carbocycles. The first kappa shape index (κ1) is 14.4. The number of nitrogens with one attached hydrogen (secondary N) is 1. The average molecular weight is 323 g/mol. The first-order valence-electron chi connectivity index (χ1n) is 6.53. The minimum Gasteiger partial charge on any atom is -0.377 e. The standard InChI is InChI=1S/C15H19BrN2O/c1-11(2)19-9-8-17-10-12-5-6-14(16)13-4-3-7-18-15(12)13/h3-7,11,17H,8-10H2,1-2H3. The van der Waals surface area contributed by atoms with Gasteiger partial charge in [0.15, 0.2) is 0 Å². The van der Waals surface area contributed by atoms with Gasteiger partial charge in [0, 0.05) is 29.1 Å². The number of hydrogen-bond acceptors (Lipinski definition) is 3. The van der Waals surface area contributed by atoms with Crippen molar-refractivity contribution in [3.05, 3.63) is 40.5 Å². The predicted molar refractivity (Wildman–Crippen MR) is 82.2 cm³/mol. The maximum Gasteiger partial charge on any atom is 0.0758 e. The summed E-state index contributed by atoms with van der Waals surface area (Å²) in [5.74, 6) is 0. The van der Waals surface area contributed by atoms with Crippen molar-refractivity contribution in [2.75, 3.05) is 13.2 Å². The minimum atomic E-state index is 0.289. The maximum absolute atomic E-state index is 5.50. The highest BCUT2D eigenvalue weighted by atomic mass is 79.9. The monoisotopic (exact) mass is 322 g/mol. The van der Waals surface area contributed by atoms with Gasteiger partial charge in [-0.05, 0) is 31.5 Å². The molecule has 1 N–H and O–H groups in total. The number of aromatic nitrogens is 1. The summed E-state index contributed by atoms with van der Waals surface area (Å²) in [6, 6.07) is 8.22. The fourth-order valence-corrected chi connectivity index (χ4v) is 2.38. The van der Waals surface area contributed by atoms with E-state index in [0.717, 1.165) is 35.1 Å². The van der Waals surface area contributed by atoms with Crippen LogP contribution in [0, 0.1) is 0 Å². The molecule has 2 aromatic rings. The zero-order valence-electron chi connectivity index (χ0n) is 11.3. The van der Waals surface area contributed by atoms with E-state index in [4.69, 9.17) is 4.74 Å². The Balaban J connectivity index is 1.99. The van der Waals surface area contributed by atoms with Crippen molar-refractivity contribution in [1.29, 1.82) is 0 Å². The fourth-order valence-electron chi connectivity index (χ4n) is 1.93. The van der Waals surface area contributed by atoms with Gasteiger partial charge >= 0.3 is 0 Å². The number of nitrogens with zero attached hydrogens (tertiary/aromatic N) is 1. The molecule has 0 aliphatic heterocycles. The number of fused-ring (bicyclic) bond motifs is 1. The summed E-state index contributed by atoms with van der Waals surface area (Å²) < 4.78 is 6.59. The molecule has 3 nitrogen and oxygen atoms in total. The lowest BCUT2D eigenvalue weighted by molar-refractivity contribution is 0.0807. The Kier molecular flexibility index (Phi) is 5.31. The number of rotatable bonds is 6. The number of benzene rings is 1. The van der Waals surface area contributed by atoms with Crippen molar-refractivity contribution in [1.82, 2.24) is 10.3 Å². The summed E-state index contributed by atoms with van der Waals surface area (Å²) in [5, 5.41) is 4.54. The minimum absolute atomic E-state index is 0.289. The molecule has 0 unspecified atom stereocenters. The lowest BCUT2D eigenvalue weighted by atomic mass is 10.1. The quantitative estimate of drug-likeness (QED) is 0.826. The third-order valence-corrected chi connectivity index (χ3v) is 3.54. The molecule has 1 heterocycles. The molecule has 19 heavy (non-hydrogen) atoms. The van der Waals surface area contributed by atoms with Gasteiger partial charge in [-0.2, -0.15) is 0 Å². The van der Waals surface area contributed by atoms with Crippen LogP contribution in [-0.4, -0.2) is 24.2 Å². The molecular weight excluding hydrogens is 304 g/mol. The number of hydrogen-bond donors (Lipinski definition) is 1. The summed E-state index contributed by atoms with van der Waals surface area (Å²) >= 11 is 3.56. The third kappa shape index (κ3) is 4.00. The molecule has 0 fully saturated rings. The van der Waals surface area contributed by atoms with E-state index in [1.54, 1.807) is 0 Å². The topological polar surface area (TPSA) is 34.1 Å². The molecule has 0 radical (unpaired) electrons. The van der Waals surface area contributed by atoms with Crippen LogP contribution < -0.4 is 5.32 Å². The van der Waals surface area contributed by atoms with Crippen LogP contribution in [0.1, 0.15) is 19.4 Å². The van der Waals surface area contributed by atoms with E-state index in [2.05, 4.69) is 44.4 Å². The smallest absolute Gasteiger partial charge is 0.0758 e. The van der Waals surface area contributed by atoms with E-state index < -0.39 is 0 Å². The fraction of sp³-hybridized carbons (Fsp3) is 0.400. The van der Waals surface area contributed by atoms with E-state index in [9.17, 15) is 0 Å². The molecule has 0 aliphatic rings. The zero-order valence-corrected chi connectivity index (χ0v) is 12.9. The second kappa shape index (κ2) is 6.98. The summed E-state index contributed by atoms with van der Waals surface area (Å²) in [4.78, 5) is 4.47. The van der Waals surface area contributed by atoms with Gasteiger partial charge in [-0.25, -0.2) is 0 Å². The van der Waals surface area contributed by atoms with Crippen LogP contribution in [0.15, 0.2) is 34.9 Å². The van der Waals surface area contributed by atoms with Gasteiger partial charge in [-0.15, -0.1) is 0 Å². The van der Waals surface area contributed by atoms with Crippen LogP contribution in [0.25, 0.3) is 10.9 Å². The van der Waals surface area contributed by atoms with Gasteiger partial charge in [-0.1, -0.05) is 28.1 Å². The summed E-state index contributed by atoms with van der Waals surface area (Å²) in [6.45, 7) is 6.49.